The minimum absolute atomic E-state index is 0.361. The van der Waals surface area contributed by atoms with Crippen LogP contribution in [0.1, 0.15) is 108 Å². The first-order chi connectivity index (χ1) is 18.3. The summed E-state index contributed by atoms with van der Waals surface area (Å²) in [4.78, 5) is 0. The van der Waals surface area contributed by atoms with E-state index in [0.29, 0.717) is 5.92 Å². The van der Waals surface area contributed by atoms with Gasteiger partial charge in [0.05, 0.1) is 0 Å². The standard InChI is InChI=1S/C36H32O/c1-16-25-21-6-2-4-8-23(21)31-27-17-10-12-19(14-17)29(27)33(31)35(25)37-36-26(16)22-7-3-5-9-24(22)32-28-18-11-13-20(15-18)30(28)34(32)36/h2-9,16-20,27-30H,10-15H2,1H3/t16?,17?,18?,19?,20?,27-,28+,29+,30-. The van der Waals surface area contributed by atoms with Crippen molar-refractivity contribution in [3.05, 3.63) is 81.9 Å². The topological polar surface area (TPSA) is 9.23 Å². The molecule has 7 aliphatic rings. The molecule has 1 nitrogen and oxygen atoms in total. The van der Waals surface area contributed by atoms with Crippen LogP contribution in [0, 0.1) is 23.7 Å². The second kappa shape index (κ2) is 6.09. The van der Waals surface area contributed by atoms with E-state index in [0.717, 1.165) is 47.3 Å². The molecule has 37 heavy (non-hydrogen) atoms. The molecule has 6 aliphatic carbocycles. The summed E-state index contributed by atoms with van der Waals surface area (Å²) in [5.41, 5.74) is 9.59. The van der Waals surface area contributed by atoms with Crippen molar-refractivity contribution >= 4 is 21.5 Å². The Morgan fingerprint density at radius 1 is 0.486 bits per heavy atom. The highest BCUT2D eigenvalue weighted by molar-refractivity contribution is 6.01. The Morgan fingerprint density at radius 2 is 0.838 bits per heavy atom. The van der Waals surface area contributed by atoms with E-state index in [1.165, 1.54) is 82.7 Å². The summed E-state index contributed by atoms with van der Waals surface area (Å²) in [5, 5.41) is 5.98. The van der Waals surface area contributed by atoms with E-state index in [1.54, 1.807) is 22.3 Å². The van der Waals surface area contributed by atoms with Crippen molar-refractivity contribution in [1.82, 2.24) is 0 Å². The quantitative estimate of drug-likeness (QED) is 0.243. The first kappa shape index (κ1) is 19.3. The van der Waals surface area contributed by atoms with Crippen LogP contribution >= 0.6 is 0 Å². The molecule has 4 bridgehead atoms. The summed E-state index contributed by atoms with van der Waals surface area (Å²) in [6.45, 7) is 2.49. The molecule has 0 saturated heterocycles. The van der Waals surface area contributed by atoms with Gasteiger partial charge in [-0.05, 0) is 119 Å². The number of hydrogen-bond donors (Lipinski definition) is 0. The lowest BCUT2D eigenvalue weighted by Gasteiger charge is -2.49. The van der Waals surface area contributed by atoms with Gasteiger partial charge < -0.3 is 4.74 Å². The van der Waals surface area contributed by atoms with Gasteiger partial charge in [-0.25, -0.2) is 0 Å². The molecule has 11 rings (SSSR count). The van der Waals surface area contributed by atoms with Crippen LogP contribution in [0.25, 0.3) is 21.5 Å². The van der Waals surface area contributed by atoms with Crippen molar-refractivity contribution in [1.29, 1.82) is 0 Å². The summed E-state index contributed by atoms with van der Waals surface area (Å²) >= 11 is 0. The molecule has 0 amide bonds. The van der Waals surface area contributed by atoms with Gasteiger partial charge in [0.2, 0.25) is 0 Å². The highest BCUT2D eigenvalue weighted by atomic mass is 16.5. The van der Waals surface area contributed by atoms with Crippen LogP contribution in [0.15, 0.2) is 48.5 Å². The van der Waals surface area contributed by atoms with Gasteiger partial charge in [-0.15, -0.1) is 0 Å². The van der Waals surface area contributed by atoms with Crippen LogP contribution < -0.4 is 4.74 Å². The zero-order valence-electron chi connectivity index (χ0n) is 21.5. The van der Waals surface area contributed by atoms with Crippen LogP contribution in [-0.4, -0.2) is 0 Å². The molecule has 9 atom stereocenters. The van der Waals surface area contributed by atoms with Crippen molar-refractivity contribution in [2.75, 3.05) is 0 Å². The Bertz CT molecular complexity index is 1620. The molecule has 1 aliphatic heterocycles. The third kappa shape index (κ3) is 1.94. The molecule has 5 unspecified atom stereocenters. The van der Waals surface area contributed by atoms with Gasteiger partial charge in [-0.3, -0.25) is 0 Å². The fourth-order valence-electron chi connectivity index (χ4n) is 11.7. The molecule has 0 aromatic heterocycles. The maximum atomic E-state index is 7.42. The van der Waals surface area contributed by atoms with E-state index < -0.39 is 0 Å². The molecule has 0 spiro atoms. The smallest absolute Gasteiger partial charge is 0.135 e. The lowest BCUT2D eigenvalue weighted by molar-refractivity contribution is 0.298. The van der Waals surface area contributed by atoms with E-state index in [2.05, 4.69) is 55.5 Å². The van der Waals surface area contributed by atoms with Crippen molar-refractivity contribution in [2.24, 2.45) is 23.7 Å². The SMILES string of the molecule is CC1c2c(c3c(c4ccccc24)[C@@H]2C4CCC(C4)[C@H]32)Oc2c3c(c4ccccc4c21)[C@H]1C2CCC(C2)[C@@H]31. The summed E-state index contributed by atoms with van der Waals surface area (Å²) < 4.78 is 7.42. The largest absolute Gasteiger partial charge is 0.456 e. The van der Waals surface area contributed by atoms with Crippen molar-refractivity contribution in [2.45, 2.75) is 75.0 Å². The molecule has 182 valence electrons. The number of fused-ring (bicyclic) bond motifs is 26. The predicted molar refractivity (Wildman–Crippen MR) is 148 cm³/mol. The van der Waals surface area contributed by atoms with Gasteiger partial charge in [0.1, 0.15) is 11.5 Å². The Morgan fingerprint density at radius 3 is 1.24 bits per heavy atom. The van der Waals surface area contributed by atoms with Gasteiger partial charge in [0.15, 0.2) is 0 Å². The molecular weight excluding hydrogens is 448 g/mol. The fraction of sp³-hybridized carbons (Fsp3) is 0.444. The average molecular weight is 481 g/mol. The minimum Gasteiger partial charge on any atom is -0.456 e. The molecule has 1 heterocycles. The number of ether oxygens (including phenoxy) is 1. The van der Waals surface area contributed by atoms with Crippen LogP contribution in [-0.2, 0) is 0 Å². The van der Waals surface area contributed by atoms with Crippen molar-refractivity contribution in [3.63, 3.8) is 0 Å². The highest BCUT2D eigenvalue weighted by Crippen LogP contribution is 2.75. The molecular formula is C36H32O. The molecule has 0 radical (unpaired) electrons. The van der Waals surface area contributed by atoms with E-state index in [1.807, 2.05) is 0 Å². The monoisotopic (exact) mass is 480 g/mol. The number of hydrogen-bond acceptors (Lipinski definition) is 1. The zero-order valence-corrected chi connectivity index (χ0v) is 21.5. The van der Waals surface area contributed by atoms with E-state index in [9.17, 15) is 0 Å². The molecule has 4 aromatic rings. The van der Waals surface area contributed by atoms with E-state index in [-0.39, 0.29) is 0 Å². The van der Waals surface area contributed by atoms with Crippen LogP contribution in [0.4, 0.5) is 0 Å². The first-order valence-electron chi connectivity index (χ1n) is 15.1. The fourth-order valence-corrected chi connectivity index (χ4v) is 11.7. The van der Waals surface area contributed by atoms with E-state index in [4.69, 9.17) is 4.74 Å². The van der Waals surface area contributed by atoms with Crippen LogP contribution in [0.3, 0.4) is 0 Å². The second-order valence-electron chi connectivity index (χ2n) is 13.8. The Hall–Kier alpha value is -2.80. The lowest BCUT2D eigenvalue weighted by atomic mass is 9.57. The number of rotatable bonds is 0. The highest BCUT2D eigenvalue weighted by Gasteiger charge is 2.60. The van der Waals surface area contributed by atoms with Gasteiger partial charge in [-0.2, -0.15) is 0 Å². The minimum atomic E-state index is 0.361. The summed E-state index contributed by atoms with van der Waals surface area (Å²) in [7, 11) is 0. The molecule has 4 fully saturated rings. The Labute approximate surface area is 218 Å². The zero-order chi connectivity index (χ0) is 23.7. The maximum absolute atomic E-state index is 7.42. The Kier molecular flexibility index (Phi) is 3.17. The molecule has 4 saturated carbocycles. The summed E-state index contributed by atoms with van der Waals surface area (Å²) in [5.74, 6) is 9.65. The normalized spacial score (nSPS) is 38.2. The predicted octanol–water partition coefficient (Wildman–Crippen LogP) is 9.47. The van der Waals surface area contributed by atoms with Gasteiger partial charge in [0.25, 0.3) is 0 Å². The molecule has 1 heteroatoms. The molecule has 0 N–H and O–H groups in total. The van der Waals surface area contributed by atoms with Crippen molar-refractivity contribution in [3.8, 4) is 11.5 Å². The van der Waals surface area contributed by atoms with Crippen LogP contribution in [0.2, 0.25) is 0 Å². The molecule has 4 aromatic carbocycles. The summed E-state index contributed by atoms with van der Waals surface area (Å²) in [6, 6.07) is 18.7. The summed E-state index contributed by atoms with van der Waals surface area (Å²) in [6.07, 6.45) is 8.67. The van der Waals surface area contributed by atoms with E-state index >= 15 is 0 Å². The van der Waals surface area contributed by atoms with Gasteiger partial charge in [0, 0.05) is 28.2 Å². The first-order valence-corrected chi connectivity index (χ1v) is 15.1. The number of benzene rings is 4. The lowest BCUT2D eigenvalue weighted by Crippen LogP contribution is -2.34. The average Bonchev–Trinajstić information content (AvgIpc) is 3.65. The Balaban J connectivity index is 1.23. The third-order valence-corrected chi connectivity index (χ3v) is 12.8. The second-order valence-corrected chi connectivity index (χ2v) is 13.8. The third-order valence-electron chi connectivity index (χ3n) is 12.8. The van der Waals surface area contributed by atoms with Gasteiger partial charge >= 0.3 is 0 Å². The van der Waals surface area contributed by atoms with Crippen molar-refractivity contribution < 1.29 is 4.74 Å². The van der Waals surface area contributed by atoms with Crippen LogP contribution in [0.5, 0.6) is 11.5 Å². The van der Waals surface area contributed by atoms with Gasteiger partial charge in [-0.1, -0.05) is 55.5 Å². The maximum Gasteiger partial charge on any atom is 0.135 e.